The fourth-order valence-electron chi connectivity index (χ4n) is 1.88. The predicted octanol–water partition coefficient (Wildman–Crippen LogP) is 4.24. The lowest BCUT2D eigenvalue weighted by Gasteiger charge is -2.00. The molecule has 1 aromatic heterocycles. The van der Waals surface area contributed by atoms with Gasteiger partial charge in [0.1, 0.15) is 10.8 Å². The molecule has 0 amide bonds. The van der Waals surface area contributed by atoms with Crippen molar-refractivity contribution >= 4 is 11.8 Å². The van der Waals surface area contributed by atoms with Gasteiger partial charge in [0.05, 0.1) is 12.8 Å². The molecule has 0 radical (unpaired) electrons. The van der Waals surface area contributed by atoms with Gasteiger partial charge < -0.3 is 4.74 Å². The van der Waals surface area contributed by atoms with E-state index in [1.165, 1.54) is 4.90 Å². The molecule has 1 heterocycles. The molecule has 3 rings (SSSR count). The zero-order valence-electron chi connectivity index (χ0n) is 11.0. The van der Waals surface area contributed by atoms with E-state index in [4.69, 9.17) is 4.74 Å². The lowest BCUT2D eigenvalue weighted by atomic mass is 10.1. The van der Waals surface area contributed by atoms with E-state index >= 15 is 0 Å². The quantitative estimate of drug-likeness (QED) is 0.778. The van der Waals surface area contributed by atoms with Crippen LogP contribution >= 0.6 is 11.8 Å². The SMILES string of the molecule is COc1ccc(-c2cc(Sc3ccccc3)n[nH]2)cc1. The Kier molecular flexibility index (Phi) is 3.74. The number of nitrogens with zero attached hydrogens (tertiary/aromatic N) is 1. The summed E-state index contributed by atoms with van der Waals surface area (Å²) in [6.07, 6.45) is 0. The summed E-state index contributed by atoms with van der Waals surface area (Å²) in [5.74, 6) is 0.854. The Bertz CT molecular complexity index is 677. The van der Waals surface area contributed by atoms with Crippen LogP contribution in [0.5, 0.6) is 5.75 Å². The smallest absolute Gasteiger partial charge is 0.123 e. The summed E-state index contributed by atoms with van der Waals surface area (Å²) >= 11 is 1.64. The molecule has 3 nitrogen and oxygen atoms in total. The number of rotatable bonds is 4. The standard InChI is InChI=1S/C16H14N2OS/c1-19-13-9-7-12(8-10-13)15-11-16(18-17-15)20-14-5-3-2-4-6-14/h2-11H,1H3,(H,17,18). The minimum atomic E-state index is 0.854. The van der Waals surface area contributed by atoms with Crippen LogP contribution in [0.25, 0.3) is 11.3 Å². The molecule has 0 saturated heterocycles. The molecule has 0 aliphatic heterocycles. The third-order valence-corrected chi connectivity index (χ3v) is 3.85. The average Bonchev–Trinajstić information content (AvgIpc) is 2.97. The molecule has 0 atom stereocenters. The Morgan fingerprint density at radius 3 is 2.45 bits per heavy atom. The first-order chi connectivity index (χ1) is 9.85. The minimum absolute atomic E-state index is 0.854. The first-order valence-electron chi connectivity index (χ1n) is 6.28. The van der Waals surface area contributed by atoms with E-state index in [1.807, 2.05) is 42.5 Å². The molecule has 100 valence electrons. The van der Waals surface area contributed by atoms with Crippen LogP contribution in [0.3, 0.4) is 0 Å². The van der Waals surface area contributed by atoms with Crippen LogP contribution in [0.2, 0.25) is 0 Å². The molecular weight excluding hydrogens is 268 g/mol. The van der Waals surface area contributed by atoms with E-state index in [1.54, 1.807) is 18.9 Å². The van der Waals surface area contributed by atoms with Crippen LogP contribution in [0, 0.1) is 0 Å². The summed E-state index contributed by atoms with van der Waals surface area (Å²) in [5.41, 5.74) is 2.10. The average molecular weight is 282 g/mol. The maximum atomic E-state index is 5.16. The third-order valence-electron chi connectivity index (χ3n) is 2.92. The van der Waals surface area contributed by atoms with Crippen molar-refractivity contribution in [3.8, 4) is 17.0 Å². The molecule has 3 aromatic rings. The zero-order chi connectivity index (χ0) is 13.8. The second kappa shape index (κ2) is 5.84. The number of aromatic amines is 1. The molecule has 20 heavy (non-hydrogen) atoms. The van der Waals surface area contributed by atoms with Crippen molar-refractivity contribution in [2.24, 2.45) is 0 Å². The zero-order valence-corrected chi connectivity index (χ0v) is 11.9. The first-order valence-corrected chi connectivity index (χ1v) is 7.09. The third kappa shape index (κ3) is 2.86. The number of hydrogen-bond donors (Lipinski definition) is 1. The number of benzene rings is 2. The number of aromatic nitrogens is 2. The van der Waals surface area contributed by atoms with E-state index in [-0.39, 0.29) is 0 Å². The number of hydrogen-bond acceptors (Lipinski definition) is 3. The van der Waals surface area contributed by atoms with Crippen LogP contribution in [0.4, 0.5) is 0 Å². The number of methoxy groups -OCH3 is 1. The Hall–Kier alpha value is -2.20. The summed E-state index contributed by atoms with van der Waals surface area (Å²) in [6, 6.07) is 20.2. The maximum Gasteiger partial charge on any atom is 0.123 e. The Morgan fingerprint density at radius 2 is 1.75 bits per heavy atom. The van der Waals surface area contributed by atoms with Crippen molar-refractivity contribution in [3.63, 3.8) is 0 Å². The molecule has 4 heteroatoms. The van der Waals surface area contributed by atoms with Crippen LogP contribution in [0.15, 0.2) is 70.6 Å². The summed E-state index contributed by atoms with van der Waals surface area (Å²) in [4.78, 5) is 1.18. The van der Waals surface area contributed by atoms with Crippen molar-refractivity contribution in [3.05, 3.63) is 60.7 Å². The van der Waals surface area contributed by atoms with E-state index in [9.17, 15) is 0 Å². The minimum Gasteiger partial charge on any atom is -0.497 e. The van der Waals surface area contributed by atoms with Crippen molar-refractivity contribution in [2.75, 3.05) is 7.11 Å². The summed E-state index contributed by atoms with van der Waals surface area (Å²) in [5, 5.41) is 8.37. The Balaban J connectivity index is 1.79. The summed E-state index contributed by atoms with van der Waals surface area (Å²) < 4.78 is 5.16. The van der Waals surface area contributed by atoms with Gasteiger partial charge in [-0.15, -0.1) is 0 Å². The molecule has 0 aliphatic carbocycles. The van der Waals surface area contributed by atoms with Crippen molar-refractivity contribution in [2.45, 2.75) is 9.92 Å². The second-order valence-corrected chi connectivity index (χ2v) is 5.36. The van der Waals surface area contributed by atoms with Crippen molar-refractivity contribution in [1.29, 1.82) is 0 Å². The molecule has 0 fully saturated rings. The largest absolute Gasteiger partial charge is 0.497 e. The topological polar surface area (TPSA) is 37.9 Å². The van der Waals surface area contributed by atoms with Crippen LogP contribution in [0.1, 0.15) is 0 Å². The predicted molar refractivity (Wildman–Crippen MR) is 81.1 cm³/mol. The van der Waals surface area contributed by atoms with E-state index in [2.05, 4.69) is 28.4 Å². The van der Waals surface area contributed by atoms with Gasteiger partial charge in [-0.2, -0.15) is 5.10 Å². The molecule has 0 unspecified atom stereocenters. The van der Waals surface area contributed by atoms with Gasteiger partial charge in [0.15, 0.2) is 0 Å². The second-order valence-electron chi connectivity index (χ2n) is 4.26. The highest BCUT2D eigenvalue weighted by atomic mass is 32.2. The lowest BCUT2D eigenvalue weighted by molar-refractivity contribution is 0.415. The number of ether oxygens (including phenoxy) is 1. The molecule has 1 N–H and O–H groups in total. The van der Waals surface area contributed by atoms with Gasteiger partial charge in [-0.05, 0) is 48.0 Å². The fourth-order valence-corrected chi connectivity index (χ4v) is 2.69. The molecule has 0 spiro atoms. The van der Waals surface area contributed by atoms with E-state index in [0.717, 1.165) is 22.0 Å². The molecular formula is C16H14N2OS. The van der Waals surface area contributed by atoms with E-state index < -0.39 is 0 Å². The van der Waals surface area contributed by atoms with Crippen LogP contribution in [-0.2, 0) is 0 Å². The molecule has 0 saturated carbocycles. The number of nitrogens with one attached hydrogen (secondary N) is 1. The van der Waals surface area contributed by atoms with Crippen LogP contribution in [-0.4, -0.2) is 17.3 Å². The molecule has 0 aliphatic rings. The van der Waals surface area contributed by atoms with Crippen LogP contribution < -0.4 is 4.74 Å². The Morgan fingerprint density at radius 1 is 1.00 bits per heavy atom. The maximum absolute atomic E-state index is 5.16. The summed E-state index contributed by atoms with van der Waals surface area (Å²) in [7, 11) is 1.67. The van der Waals surface area contributed by atoms with Gasteiger partial charge in [0.2, 0.25) is 0 Å². The van der Waals surface area contributed by atoms with Crippen molar-refractivity contribution in [1.82, 2.24) is 10.2 Å². The Labute approximate surface area is 122 Å². The van der Waals surface area contributed by atoms with Gasteiger partial charge in [0, 0.05) is 4.90 Å². The lowest BCUT2D eigenvalue weighted by Crippen LogP contribution is -1.82. The first kappa shape index (κ1) is 12.8. The number of H-pyrrole nitrogens is 1. The van der Waals surface area contributed by atoms with Gasteiger partial charge in [-0.3, -0.25) is 5.10 Å². The molecule has 2 aromatic carbocycles. The van der Waals surface area contributed by atoms with Gasteiger partial charge >= 0.3 is 0 Å². The highest BCUT2D eigenvalue weighted by Gasteiger charge is 2.05. The molecule has 0 bridgehead atoms. The van der Waals surface area contributed by atoms with Gasteiger partial charge in [-0.25, -0.2) is 0 Å². The summed E-state index contributed by atoms with van der Waals surface area (Å²) in [6.45, 7) is 0. The highest BCUT2D eigenvalue weighted by Crippen LogP contribution is 2.29. The highest BCUT2D eigenvalue weighted by molar-refractivity contribution is 7.99. The van der Waals surface area contributed by atoms with E-state index in [0.29, 0.717) is 0 Å². The van der Waals surface area contributed by atoms with Gasteiger partial charge in [-0.1, -0.05) is 30.0 Å². The normalized spacial score (nSPS) is 10.4. The monoisotopic (exact) mass is 282 g/mol. The van der Waals surface area contributed by atoms with Crippen molar-refractivity contribution < 1.29 is 4.74 Å². The fraction of sp³-hybridized carbons (Fsp3) is 0.0625. The van der Waals surface area contributed by atoms with Gasteiger partial charge in [0.25, 0.3) is 0 Å².